The van der Waals surface area contributed by atoms with Crippen LogP contribution in [-0.4, -0.2) is 37.2 Å². The minimum Gasteiger partial charge on any atom is -0.462 e. The largest absolute Gasteiger partial charge is 0.462 e. The van der Waals surface area contributed by atoms with Crippen molar-refractivity contribution in [3.05, 3.63) is 0 Å². The Bertz CT molecular complexity index is 1010. The standard InChI is InChI=1S/C60H116O6/c1-6-9-10-11-12-13-14-24-30-35-40-45-50-58(61)64-53-57(54-65-59(62)51-46-41-36-31-27-26-29-34-39-44-49-56(5)8-3)66-60(63)52-47-42-37-32-25-22-20-18-16-15-17-19-21-23-28-33-38-43-48-55(4)7-2/h55-57H,6-54H2,1-5H3/t55?,56?,57-/m0/s1. The molecular weight excluding hydrogens is 817 g/mol. The van der Waals surface area contributed by atoms with Crippen LogP contribution in [0.25, 0.3) is 0 Å². The van der Waals surface area contributed by atoms with Gasteiger partial charge >= 0.3 is 17.9 Å². The number of carbonyl (C=O) groups excluding carboxylic acids is 3. The molecule has 0 radical (unpaired) electrons. The summed E-state index contributed by atoms with van der Waals surface area (Å²) in [6.45, 7) is 11.5. The fourth-order valence-corrected chi connectivity index (χ4v) is 9.16. The quantitative estimate of drug-likeness (QED) is 0.0343. The molecule has 3 atom stereocenters. The first-order chi connectivity index (χ1) is 32.3. The lowest BCUT2D eigenvalue weighted by molar-refractivity contribution is -0.167. The van der Waals surface area contributed by atoms with Gasteiger partial charge in [0.05, 0.1) is 0 Å². The van der Waals surface area contributed by atoms with Crippen molar-refractivity contribution in [2.24, 2.45) is 11.8 Å². The predicted molar refractivity (Wildman–Crippen MR) is 284 cm³/mol. The van der Waals surface area contributed by atoms with Gasteiger partial charge in [-0.05, 0) is 31.1 Å². The molecule has 0 aliphatic rings. The summed E-state index contributed by atoms with van der Waals surface area (Å²) in [5.74, 6) is 0.940. The van der Waals surface area contributed by atoms with Gasteiger partial charge < -0.3 is 14.2 Å². The maximum absolute atomic E-state index is 12.9. The third-order valence-electron chi connectivity index (χ3n) is 14.4. The molecule has 66 heavy (non-hydrogen) atoms. The van der Waals surface area contributed by atoms with Gasteiger partial charge in [0.15, 0.2) is 6.10 Å². The topological polar surface area (TPSA) is 78.9 Å². The average Bonchev–Trinajstić information content (AvgIpc) is 3.32. The van der Waals surface area contributed by atoms with E-state index < -0.39 is 6.10 Å². The van der Waals surface area contributed by atoms with Crippen molar-refractivity contribution in [2.75, 3.05) is 13.2 Å². The molecule has 0 bridgehead atoms. The van der Waals surface area contributed by atoms with Gasteiger partial charge in [0.2, 0.25) is 0 Å². The van der Waals surface area contributed by atoms with Crippen LogP contribution in [-0.2, 0) is 28.6 Å². The SMILES string of the molecule is CCCCCCCCCCCCCCC(=O)OC[C@@H](COC(=O)CCCCCCCCCCCCC(C)CC)OC(=O)CCCCCCCCCCCCCCCCCCCCC(C)CC. The Balaban J connectivity index is 4.24. The summed E-state index contributed by atoms with van der Waals surface area (Å²) in [6, 6.07) is 0. The summed E-state index contributed by atoms with van der Waals surface area (Å²) in [7, 11) is 0. The first-order valence-electron chi connectivity index (χ1n) is 29.8. The van der Waals surface area contributed by atoms with Crippen LogP contribution < -0.4 is 0 Å². The molecule has 0 saturated heterocycles. The van der Waals surface area contributed by atoms with Crippen LogP contribution in [0.4, 0.5) is 0 Å². The molecule has 0 heterocycles. The molecule has 0 aliphatic carbocycles. The second-order valence-corrected chi connectivity index (χ2v) is 21.1. The normalized spacial score (nSPS) is 12.9. The van der Waals surface area contributed by atoms with Crippen LogP contribution in [0.15, 0.2) is 0 Å². The van der Waals surface area contributed by atoms with Crippen LogP contribution in [0.2, 0.25) is 0 Å². The molecule has 0 spiro atoms. The van der Waals surface area contributed by atoms with Gasteiger partial charge in [-0.2, -0.15) is 0 Å². The molecule has 0 fully saturated rings. The number of hydrogen-bond donors (Lipinski definition) is 0. The molecule has 0 amide bonds. The van der Waals surface area contributed by atoms with E-state index in [4.69, 9.17) is 14.2 Å². The maximum Gasteiger partial charge on any atom is 0.306 e. The maximum atomic E-state index is 12.9. The van der Waals surface area contributed by atoms with Crippen molar-refractivity contribution < 1.29 is 28.6 Å². The lowest BCUT2D eigenvalue weighted by Gasteiger charge is -2.18. The van der Waals surface area contributed by atoms with E-state index in [9.17, 15) is 14.4 Å². The first-order valence-corrected chi connectivity index (χ1v) is 29.8. The number of ether oxygens (including phenoxy) is 3. The lowest BCUT2D eigenvalue weighted by Crippen LogP contribution is -2.30. The van der Waals surface area contributed by atoms with Crippen LogP contribution in [0.5, 0.6) is 0 Å². The smallest absolute Gasteiger partial charge is 0.306 e. The molecule has 0 rings (SSSR count). The highest BCUT2D eigenvalue weighted by molar-refractivity contribution is 5.71. The highest BCUT2D eigenvalue weighted by Crippen LogP contribution is 2.19. The van der Waals surface area contributed by atoms with Crippen molar-refractivity contribution in [1.29, 1.82) is 0 Å². The number of rotatable bonds is 54. The fraction of sp³-hybridized carbons (Fsp3) is 0.950. The van der Waals surface area contributed by atoms with Gasteiger partial charge in [-0.1, -0.05) is 298 Å². The Morgan fingerprint density at radius 3 is 0.788 bits per heavy atom. The molecule has 0 N–H and O–H groups in total. The molecule has 392 valence electrons. The average molecular weight is 934 g/mol. The summed E-state index contributed by atoms with van der Waals surface area (Å²) in [6.07, 6.45) is 56.6. The van der Waals surface area contributed by atoms with E-state index in [2.05, 4.69) is 34.6 Å². The van der Waals surface area contributed by atoms with Crippen molar-refractivity contribution >= 4 is 17.9 Å². The Labute approximate surface area is 412 Å². The number of unbranched alkanes of at least 4 members (excludes halogenated alkanes) is 37. The molecule has 0 saturated carbocycles. The fourth-order valence-electron chi connectivity index (χ4n) is 9.16. The van der Waals surface area contributed by atoms with Gasteiger partial charge in [0.1, 0.15) is 13.2 Å². The zero-order chi connectivity index (χ0) is 48.2. The molecule has 0 aromatic heterocycles. The molecule has 6 heteroatoms. The summed E-state index contributed by atoms with van der Waals surface area (Å²) < 4.78 is 16.9. The molecule has 0 aromatic carbocycles. The molecular formula is C60H116O6. The van der Waals surface area contributed by atoms with E-state index in [1.165, 1.54) is 225 Å². The van der Waals surface area contributed by atoms with Gasteiger partial charge in [-0.15, -0.1) is 0 Å². The molecule has 0 aliphatic heterocycles. The van der Waals surface area contributed by atoms with Crippen LogP contribution in [0, 0.1) is 11.8 Å². The number of carbonyl (C=O) groups is 3. The van der Waals surface area contributed by atoms with Crippen molar-refractivity contribution in [1.82, 2.24) is 0 Å². The lowest BCUT2D eigenvalue weighted by atomic mass is 9.99. The zero-order valence-electron chi connectivity index (χ0n) is 45.3. The van der Waals surface area contributed by atoms with E-state index in [1.54, 1.807) is 0 Å². The predicted octanol–water partition coefficient (Wildman–Crippen LogP) is 19.7. The van der Waals surface area contributed by atoms with Crippen LogP contribution >= 0.6 is 0 Å². The second kappa shape index (κ2) is 52.8. The molecule has 6 nitrogen and oxygen atoms in total. The van der Waals surface area contributed by atoms with E-state index >= 15 is 0 Å². The summed E-state index contributed by atoms with van der Waals surface area (Å²) >= 11 is 0. The van der Waals surface area contributed by atoms with Gasteiger partial charge in [-0.3, -0.25) is 14.4 Å². The summed E-state index contributed by atoms with van der Waals surface area (Å²) in [5, 5.41) is 0. The number of esters is 3. The Hall–Kier alpha value is -1.59. The highest BCUT2D eigenvalue weighted by atomic mass is 16.6. The minimum absolute atomic E-state index is 0.0627. The molecule has 2 unspecified atom stereocenters. The van der Waals surface area contributed by atoms with E-state index in [1.807, 2.05) is 0 Å². The second-order valence-electron chi connectivity index (χ2n) is 21.1. The van der Waals surface area contributed by atoms with Crippen molar-refractivity contribution in [2.45, 2.75) is 343 Å². The van der Waals surface area contributed by atoms with Gasteiger partial charge in [0, 0.05) is 19.3 Å². The zero-order valence-corrected chi connectivity index (χ0v) is 45.3. The van der Waals surface area contributed by atoms with Crippen molar-refractivity contribution in [3.8, 4) is 0 Å². The van der Waals surface area contributed by atoms with E-state index in [0.29, 0.717) is 19.3 Å². The summed E-state index contributed by atoms with van der Waals surface area (Å²) in [5.41, 5.74) is 0. The van der Waals surface area contributed by atoms with E-state index in [0.717, 1.165) is 69.6 Å². The third kappa shape index (κ3) is 50.3. The summed E-state index contributed by atoms with van der Waals surface area (Å²) in [4.78, 5) is 38.1. The van der Waals surface area contributed by atoms with Gasteiger partial charge in [-0.25, -0.2) is 0 Å². The van der Waals surface area contributed by atoms with E-state index in [-0.39, 0.29) is 31.1 Å². The molecule has 0 aromatic rings. The Kier molecular flexibility index (Phi) is 51.5. The monoisotopic (exact) mass is 933 g/mol. The third-order valence-corrected chi connectivity index (χ3v) is 14.4. The minimum atomic E-state index is -0.763. The van der Waals surface area contributed by atoms with Crippen LogP contribution in [0.3, 0.4) is 0 Å². The number of hydrogen-bond acceptors (Lipinski definition) is 6. The first kappa shape index (κ1) is 64.4. The Morgan fingerprint density at radius 2 is 0.530 bits per heavy atom. The Morgan fingerprint density at radius 1 is 0.303 bits per heavy atom. The van der Waals surface area contributed by atoms with Crippen LogP contribution in [0.1, 0.15) is 336 Å². The highest BCUT2D eigenvalue weighted by Gasteiger charge is 2.19. The van der Waals surface area contributed by atoms with Gasteiger partial charge in [0.25, 0.3) is 0 Å². The van der Waals surface area contributed by atoms with Crippen molar-refractivity contribution in [3.63, 3.8) is 0 Å².